The lowest BCUT2D eigenvalue weighted by Crippen LogP contribution is -2.05. The van der Waals surface area contributed by atoms with E-state index in [9.17, 15) is 4.79 Å². The number of carboxylic acid groups (broad SMARTS) is 1. The van der Waals surface area contributed by atoms with Crippen LogP contribution in [0.15, 0.2) is 30.3 Å². The lowest BCUT2D eigenvalue weighted by molar-refractivity contribution is -0.135. The van der Waals surface area contributed by atoms with E-state index in [2.05, 4.69) is 0 Å². The van der Waals surface area contributed by atoms with Gasteiger partial charge in [0, 0.05) is 4.86 Å². The molecule has 12 heavy (non-hydrogen) atoms. The fourth-order valence-electron chi connectivity index (χ4n) is 0.863. The number of thiocarbonyl (C=S) groups is 1. The van der Waals surface area contributed by atoms with E-state index in [-0.39, 0.29) is 6.42 Å². The predicted molar refractivity (Wildman–Crippen MR) is 50.4 cm³/mol. The lowest BCUT2D eigenvalue weighted by Gasteiger charge is -1.98. The van der Waals surface area contributed by atoms with Gasteiger partial charge in [-0.15, -0.1) is 0 Å². The highest BCUT2D eigenvalue weighted by molar-refractivity contribution is 7.80. The molecule has 3 heteroatoms. The van der Waals surface area contributed by atoms with Gasteiger partial charge in [0.2, 0.25) is 0 Å². The molecule has 0 atom stereocenters. The number of carboxylic acids is 1. The maximum absolute atomic E-state index is 10.3. The van der Waals surface area contributed by atoms with E-state index in [0.717, 1.165) is 5.56 Å². The van der Waals surface area contributed by atoms with Crippen molar-refractivity contribution in [3.8, 4) is 0 Å². The summed E-state index contributed by atoms with van der Waals surface area (Å²) in [5.74, 6) is -0.885. The van der Waals surface area contributed by atoms with Crippen molar-refractivity contribution < 1.29 is 9.90 Å². The van der Waals surface area contributed by atoms with Crippen LogP contribution in [0, 0.1) is 0 Å². The molecule has 0 aliphatic carbocycles. The molecule has 1 aromatic carbocycles. The largest absolute Gasteiger partial charge is 0.481 e. The second-order valence-corrected chi connectivity index (χ2v) is 2.85. The molecule has 0 saturated carbocycles. The third kappa shape index (κ3) is 2.43. The van der Waals surface area contributed by atoms with Crippen molar-refractivity contribution in [2.24, 2.45) is 0 Å². The van der Waals surface area contributed by atoms with Crippen LogP contribution in [0.2, 0.25) is 0 Å². The minimum atomic E-state index is -0.885. The van der Waals surface area contributed by atoms with Gasteiger partial charge in [0.1, 0.15) is 0 Å². The molecule has 0 heterocycles. The summed E-state index contributed by atoms with van der Waals surface area (Å²) in [5.41, 5.74) is 0.815. The molecular weight excluding hydrogens is 172 g/mol. The van der Waals surface area contributed by atoms with Gasteiger partial charge in [0.25, 0.3) is 0 Å². The third-order valence-corrected chi connectivity index (χ3v) is 1.79. The van der Waals surface area contributed by atoms with Crippen molar-refractivity contribution in [1.29, 1.82) is 0 Å². The standard InChI is InChI=1S/C9H8O2S/c10-9(11)6-8(12)7-4-2-1-3-5-7/h1-5H,6H2,(H,10,11). The highest BCUT2D eigenvalue weighted by Crippen LogP contribution is 2.03. The fourth-order valence-corrected chi connectivity index (χ4v) is 1.12. The minimum Gasteiger partial charge on any atom is -0.481 e. The van der Waals surface area contributed by atoms with Crippen LogP contribution in [-0.4, -0.2) is 15.9 Å². The molecule has 0 aliphatic heterocycles. The van der Waals surface area contributed by atoms with Gasteiger partial charge in [-0.3, -0.25) is 4.79 Å². The van der Waals surface area contributed by atoms with Crippen molar-refractivity contribution in [3.63, 3.8) is 0 Å². The Morgan fingerprint density at radius 3 is 2.42 bits per heavy atom. The molecule has 0 aromatic heterocycles. The van der Waals surface area contributed by atoms with Crippen molar-refractivity contribution >= 4 is 23.1 Å². The Labute approximate surface area is 75.8 Å². The molecule has 0 radical (unpaired) electrons. The molecular formula is C9H8O2S. The van der Waals surface area contributed by atoms with Crippen LogP contribution >= 0.6 is 12.2 Å². The van der Waals surface area contributed by atoms with Crippen molar-refractivity contribution in [3.05, 3.63) is 35.9 Å². The first kappa shape index (κ1) is 8.87. The van der Waals surface area contributed by atoms with Gasteiger partial charge in [-0.05, 0) is 5.56 Å². The molecule has 0 fully saturated rings. The molecule has 0 spiro atoms. The van der Waals surface area contributed by atoms with Crippen LogP contribution in [-0.2, 0) is 4.79 Å². The van der Waals surface area contributed by atoms with E-state index in [1.165, 1.54) is 0 Å². The average Bonchev–Trinajstić information content (AvgIpc) is 2.05. The topological polar surface area (TPSA) is 37.3 Å². The molecule has 2 nitrogen and oxygen atoms in total. The third-order valence-electron chi connectivity index (χ3n) is 1.41. The summed E-state index contributed by atoms with van der Waals surface area (Å²) in [6, 6.07) is 9.16. The highest BCUT2D eigenvalue weighted by atomic mass is 32.1. The predicted octanol–water partition coefficient (Wildman–Crippen LogP) is 1.88. The average molecular weight is 180 g/mol. The van der Waals surface area contributed by atoms with Crippen LogP contribution in [0.25, 0.3) is 0 Å². The molecule has 1 N–H and O–H groups in total. The number of benzene rings is 1. The Kier molecular flexibility index (Phi) is 2.94. The van der Waals surface area contributed by atoms with Crippen LogP contribution in [0.1, 0.15) is 12.0 Å². The van der Waals surface area contributed by atoms with E-state index < -0.39 is 5.97 Å². The summed E-state index contributed by atoms with van der Waals surface area (Å²) >= 11 is 4.92. The van der Waals surface area contributed by atoms with E-state index >= 15 is 0 Å². The van der Waals surface area contributed by atoms with E-state index in [1.807, 2.05) is 30.3 Å². The van der Waals surface area contributed by atoms with Crippen LogP contribution in [0.5, 0.6) is 0 Å². The Balaban J connectivity index is 2.73. The molecule has 0 saturated heterocycles. The SMILES string of the molecule is O=C(O)CC(=S)c1ccccc1. The molecule has 62 valence electrons. The van der Waals surface area contributed by atoms with Crippen LogP contribution in [0.4, 0.5) is 0 Å². The highest BCUT2D eigenvalue weighted by Gasteiger charge is 2.04. The summed E-state index contributed by atoms with van der Waals surface area (Å²) in [5, 5.41) is 8.46. The lowest BCUT2D eigenvalue weighted by atomic mass is 10.1. The monoisotopic (exact) mass is 180 g/mol. The number of carbonyl (C=O) groups is 1. The first-order valence-electron chi connectivity index (χ1n) is 3.50. The molecule has 0 aliphatic rings. The molecule has 1 aromatic rings. The normalized spacial score (nSPS) is 9.33. The maximum Gasteiger partial charge on any atom is 0.308 e. The second-order valence-electron chi connectivity index (χ2n) is 2.36. The van der Waals surface area contributed by atoms with Crippen molar-refractivity contribution in [2.75, 3.05) is 0 Å². The maximum atomic E-state index is 10.3. The zero-order valence-electron chi connectivity index (χ0n) is 6.36. The van der Waals surface area contributed by atoms with Crippen LogP contribution < -0.4 is 0 Å². The van der Waals surface area contributed by atoms with Gasteiger partial charge in [0.05, 0.1) is 6.42 Å². The summed E-state index contributed by atoms with van der Waals surface area (Å²) in [6.45, 7) is 0. The summed E-state index contributed by atoms with van der Waals surface area (Å²) in [6.07, 6.45) is -0.0701. The summed E-state index contributed by atoms with van der Waals surface area (Å²) in [4.78, 5) is 10.8. The van der Waals surface area contributed by atoms with Gasteiger partial charge in [-0.25, -0.2) is 0 Å². The van der Waals surface area contributed by atoms with Crippen molar-refractivity contribution in [2.45, 2.75) is 6.42 Å². The van der Waals surface area contributed by atoms with Gasteiger partial charge >= 0.3 is 5.97 Å². The fraction of sp³-hybridized carbons (Fsp3) is 0.111. The Bertz CT molecular complexity index is 293. The summed E-state index contributed by atoms with van der Waals surface area (Å²) in [7, 11) is 0. The van der Waals surface area contributed by atoms with E-state index in [1.54, 1.807) is 0 Å². The Morgan fingerprint density at radius 1 is 1.33 bits per heavy atom. The van der Waals surface area contributed by atoms with E-state index in [4.69, 9.17) is 17.3 Å². The van der Waals surface area contributed by atoms with Gasteiger partial charge in [-0.1, -0.05) is 42.5 Å². The van der Waals surface area contributed by atoms with Crippen molar-refractivity contribution in [1.82, 2.24) is 0 Å². The van der Waals surface area contributed by atoms with E-state index in [0.29, 0.717) is 4.86 Å². The molecule has 1 rings (SSSR count). The first-order valence-corrected chi connectivity index (χ1v) is 3.91. The first-order chi connectivity index (χ1) is 5.70. The van der Waals surface area contributed by atoms with Gasteiger partial charge < -0.3 is 5.11 Å². The Hall–Kier alpha value is -1.22. The molecule has 0 bridgehead atoms. The minimum absolute atomic E-state index is 0.0701. The van der Waals surface area contributed by atoms with Gasteiger partial charge in [0.15, 0.2) is 0 Å². The Morgan fingerprint density at radius 2 is 1.92 bits per heavy atom. The quantitative estimate of drug-likeness (QED) is 0.570. The zero-order chi connectivity index (χ0) is 8.97. The molecule has 0 amide bonds. The second kappa shape index (κ2) is 3.97. The van der Waals surface area contributed by atoms with Crippen LogP contribution in [0.3, 0.4) is 0 Å². The summed E-state index contributed by atoms with van der Waals surface area (Å²) < 4.78 is 0. The van der Waals surface area contributed by atoms with Gasteiger partial charge in [-0.2, -0.15) is 0 Å². The molecule has 0 unspecified atom stereocenters. The number of aliphatic carboxylic acids is 1. The zero-order valence-corrected chi connectivity index (χ0v) is 7.17. The smallest absolute Gasteiger partial charge is 0.308 e. The number of rotatable bonds is 3. The number of hydrogen-bond acceptors (Lipinski definition) is 2. The number of hydrogen-bond donors (Lipinski definition) is 1.